The summed E-state index contributed by atoms with van der Waals surface area (Å²) in [5.41, 5.74) is -0.138. The van der Waals surface area contributed by atoms with Gasteiger partial charge < -0.3 is 5.32 Å². The first-order chi connectivity index (χ1) is 12.9. The van der Waals surface area contributed by atoms with Gasteiger partial charge in [-0.2, -0.15) is 17.5 Å². The monoisotopic (exact) mass is 438 g/mol. The van der Waals surface area contributed by atoms with Crippen molar-refractivity contribution in [3.63, 3.8) is 0 Å². The second kappa shape index (κ2) is 8.46. The van der Waals surface area contributed by atoms with E-state index in [2.05, 4.69) is 0 Å². The highest BCUT2D eigenvalue weighted by molar-refractivity contribution is 7.89. The molecule has 0 aromatic heterocycles. The largest absolute Gasteiger partial charge is 0.405 e. The fourth-order valence-corrected chi connectivity index (χ4v) is 3.59. The summed E-state index contributed by atoms with van der Waals surface area (Å²) in [6.45, 7) is -1.83. The molecule has 0 heterocycles. The third-order valence-corrected chi connectivity index (χ3v) is 5.89. The van der Waals surface area contributed by atoms with Crippen molar-refractivity contribution in [2.24, 2.45) is 0 Å². The van der Waals surface area contributed by atoms with Crippen molar-refractivity contribution in [2.75, 3.05) is 13.6 Å². The number of hydrogen-bond donors (Lipinski definition) is 1. The van der Waals surface area contributed by atoms with Gasteiger partial charge in [-0.15, -0.1) is 0 Å². The van der Waals surface area contributed by atoms with Crippen molar-refractivity contribution < 1.29 is 30.8 Å². The molecule has 28 heavy (non-hydrogen) atoms. The number of benzene rings is 2. The highest BCUT2D eigenvalue weighted by atomic mass is 35.5. The molecule has 0 saturated heterocycles. The molecule has 0 unspecified atom stereocenters. The van der Waals surface area contributed by atoms with Crippen molar-refractivity contribution in [2.45, 2.75) is 17.6 Å². The van der Waals surface area contributed by atoms with E-state index in [-0.39, 0.29) is 27.6 Å². The van der Waals surface area contributed by atoms with E-state index in [1.807, 2.05) is 0 Å². The van der Waals surface area contributed by atoms with Gasteiger partial charge in [0, 0.05) is 29.7 Å². The number of carbonyl (C=O) groups is 1. The molecule has 2 aromatic carbocycles. The Morgan fingerprint density at radius 1 is 1.14 bits per heavy atom. The van der Waals surface area contributed by atoms with E-state index in [0.29, 0.717) is 0 Å². The van der Waals surface area contributed by atoms with Crippen molar-refractivity contribution in [3.8, 4) is 0 Å². The Labute approximate surface area is 164 Å². The molecular weight excluding hydrogens is 424 g/mol. The summed E-state index contributed by atoms with van der Waals surface area (Å²) in [5, 5.41) is 1.75. The molecule has 0 fully saturated rings. The van der Waals surface area contributed by atoms with E-state index in [0.717, 1.165) is 34.6 Å². The number of nitrogens with one attached hydrogen (secondary N) is 1. The van der Waals surface area contributed by atoms with Crippen LogP contribution in [0.1, 0.15) is 15.9 Å². The van der Waals surface area contributed by atoms with Crippen LogP contribution in [0.25, 0.3) is 0 Å². The highest BCUT2D eigenvalue weighted by Crippen LogP contribution is 2.24. The number of carbonyl (C=O) groups excluding carboxylic acids is 1. The average molecular weight is 439 g/mol. The third-order valence-electron chi connectivity index (χ3n) is 3.72. The predicted molar refractivity (Wildman–Crippen MR) is 94.9 cm³/mol. The maximum atomic E-state index is 13.9. The molecule has 0 aliphatic rings. The van der Waals surface area contributed by atoms with Gasteiger partial charge in [-0.1, -0.05) is 17.7 Å². The Balaban J connectivity index is 2.16. The van der Waals surface area contributed by atoms with Gasteiger partial charge in [0.05, 0.1) is 4.90 Å². The van der Waals surface area contributed by atoms with Crippen LogP contribution in [0.5, 0.6) is 0 Å². The van der Waals surface area contributed by atoms with Gasteiger partial charge in [-0.3, -0.25) is 4.79 Å². The summed E-state index contributed by atoms with van der Waals surface area (Å²) in [7, 11) is -2.83. The molecule has 0 aliphatic carbocycles. The van der Waals surface area contributed by atoms with Crippen LogP contribution in [0.15, 0.2) is 47.4 Å². The molecule has 2 rings (SSSR count). The number of nitrogens with zero attached hydrogens (tertiary/aromatic N) is 1. The van der Waals surface area contributed by atoms with Crippen LogP contribution in [0.2, 0.25) is 5.02 Å². The van der Waals surface area contributed by atoms with Gasteiger partial charge in [0.2, 0.25) is 10.0 Å². The van der Waals surface area contributed by atoms with Crippen molar-refractivity contribution >= 4 is 27.5 Å². The average Bonchev–Trinajstić information content (AvgIpc) is 2.62. The molecule has 0 spiro atoms. The van der Waals surface area contributed by atoms with Crippen molar-refractivity contribution in [3.05, 3.63) is 64.4 Å². The minimum absolute atomic E-state index is 0.00149. The minimum Gasteiger partial charge on any atom is -0.343 e. The lowest BCUT2D eigenvalue weighted by atomic mass is 10.2. The number of sulfonamides is 1. The van der Waals surface area contributed by atoms with Gasteiger partial charge >= 0.3 is 6.18 Å². The van der Waals surface area contributed by atoms with Crippen molar-refractivity contribution in [1.29, 1.82) is 0 Å². The highest BCUT2D eigenvalue weighted by Gasteiger charge is 2.28. The summed E-state index contributed by atoms with van der Waals surface area (Å²) >= 11 is 5.90. The second-order valence-electron chi connectivity index (χ2n) is 5.78. The lowest BCUT2D eigenvalue weighted by Crippen LogP contribution is -2.33. The number of alkyl halides is 3. The molecule has 0 saturated carbocycles. The van der Waals surface area contributed by atoms with Crippen LogP contribution in [-0.4, -0.2) is 38.4 Å². The second-order valence-corrected chi connectivity index (χ2v) is 8.24. The molecule has 11 heteroatoms. The lowest BCUT2D eigenvalue weighted by Gasteiger charge is -2.18. The molecule has 0 atom stereocenters. The zero-order chi connectivity index (χ0) is 21.1. The Kier molecular flexibility index (Phi) is 6.68. The first kappa shape index (κ1) is 22.1. The number of rotatable bonds is 6. The first-order valence-corrected chi connectivity index (χ1v) is 9.58. The zero-order valence-corrected chi connectivity index (χ0v) is 16.0. The van der Waals surface area contributed by atoms with Gasteiger partial charge in [0.15, 0.2) is 0 Å². The smallest absolute Gasteiger partial charge is 0.343 e. The molecule has 2 aromatic rings. The van der Waals surface area contributed by atoms with E-state index < -0.39 is 34.5 Å². The standard InChI is InChI=1S/C17H15ClF4N2O3S/c1-24(9-13-14(18)3-2-4-15(13)19)28(26,27)12-7-5-11(6-8-12)16(25)23-10-17(20,21)22/h2-8H,9-10H2,1H3,(H,23,25). The lowest BCUT2D eigenvalue weighted by molar-refractivity contribution is -0.123. The van der Waals surface area contributed by atoms with Crippen LogP contribution < -0.4 is 5.32 Å². The van der Waals surface area contributed by atoms with E-state index in [1.165, 1.54) is 19.2 Å². The number of halogens is 5. The Bertz CT molecular complexity index is 943. The molecule has 5 nitrogen and oxygen atoms in total. The quantitative estimate of drug-likeness (QED) is 0.701. The molecule has 0 aliphatic heterocycles. The van der Waals surface area contributed by atoms with Gasteiger partial charge in [0.1, 0.15) is 12.4 Å². The van der Waals surface area contributed by atoms with Gasteiger partial charge in [-0.25, -0.2) is 12.8 Å². The summed E-state index contributed by atoms with van der Waals surface area (Å²) < 4.78 is 76.4. The summed E-state index contributed by atoms with van der Waals surface area (Å²) in [5.74, 6) is -1.65. The van der Waals surface area contributed by atoms with Crippen LogP contribution >= 0.6 is 11.6 Å². The third kappa shape index (κ3) is 5.43. The topological polar surface area (TPSA) is 66.5 Å². The fourth-order valence-electron chi connectivity index (χ4n) is 2.23. The van der Waals surface area contributed by atoms with E-state index in [1.54, 1.807) is 5.32 Å². The van der Waals surface area contributed by atoms with E-state index in [9.17, 15) is 30.8 Å². The number of hydrogen-bond acceptors (Lipinski definition) is 3. The Hall–Kier alpha value is -2.17. The first-order valence-electron chi connectivity index (χ1n) is 7.76. The Morgan fingerprint density at radius 2 is 1.75 bits per heavy atom. The SMILES string of the molecule is CN(Cc1c(F)cccc1Cl)S(=O)(=O)c1ccc(C(=O)NCC(F)(F)F)cc1. The minimum atomic E-state index is -4.56. The van der Waals surface area contributed by atoms with Crippen LogP contribution in [0, 0.1) is 5.82 Å². The van der Waals surface area contributed by atoms with Crippen molar-refractivity contribution in [1.82, 2.24) is 9.62 Å². The molecule has 152 valence electrons. The molecule has 0 bridgehead atoms. The summed E-state index contributed by atoms with van der Waals surface area (Å²) in [6.07, 6.45) is -4.56. The van der Waals surface area contributed by atoms with E-state index >= 15 is 0 Å². The molecular formula is C17H15ClF4N2O3S. The maximum Gasteiger partial charge on any atom is 0.405 e. The molecule has 1 N–H and O–H groups in total. The normalized spacial score (nSPS) is 12.2. The van der Waals surface area contributed by atoms with Crippen LogP contribution in [0.3, 0.4) is 0 Å². The summed E-state index contributed by atoms with van der Waals surface area (Å²) in [4.78, 5) is 11.5. The van der Waals surface area contributed by atoms with Crippen LogP contribution in [-0.2, 0) is 16.6 Å². The summed E-state index contributed by atoms with van der Waals surface area (Å²) in [6, 6.07) is 8.29. The Morgan fingerprint density at radius 3 is 2.29 bits per heavy atom. The fraction of sp³-hybridized carbons (Fsp3) is 0.235. The predicted octanol–water partition coefficient (Wildman–Crippen LogP) is 3.59. The molecule has 0 radical (unpaired) electrons. The number of amides is 1. The van der Waals surface area contributed by atoms with Gasteiger partial charge in [-0.05, 0) is 36.4 Å². The van der Waals surface area contributed by atoms with Crippen LogP contribution in [0.4, 0.5) is 17.6 Å². The van der Waals surface area contributed by atoms with E-state index in [4.69, 9.17) is 11.6 Å². The zero-order valence-electron chi connectivity index (χ0n) is 14.4. The molecule has 1 amide bonds. The maximum absolute atomic E-state index is 13.9. The van der Waals surface area contributed by atoms with Gasteiger partial charge in [0.25, 0.3) is 5.91 Å².